The summed E-state index contributed by atoms with van der Waals surface area (Å²) in [5.74, 6) is -2.26. The van der Waals surface area contributed by atoms with E-state index in [-0.39, 0.29) is 29.3 Å². The number of aromatic nitrogens is 2. The predicted molar refractivity (Wildman–Crippen MR) is 109 cm³/mol. The Morgan fingerprint density at radius 3 is 2.53 bits per heavy atom. The van der Waals surface area contributed by atoms with E-state index in [1.54, 1.807) is 0 Å². The Labute approximate surface area is 178 Å². The van der Waals surface area contributed by atoms with Gasteiger partial charge < -0.3 is 15.3 Å². The number of carbonyl (C=O) groups is 1. The SMILES string of the molecule is CN(C)[C@H]1CCCC[C@@H]1Nc1cc(F)c(S(=O)(=O)Cc2ncns2)cc1F.O=CO. The molecule has 0 spiro atoms. The van der Waals surface area contributed by atoms with E-state index in [0.29, 0.717) is 0 Å². The van der Waals surface area contributed by atoms with Crippen LogP contribution in [-0.2, 0) is 20.4 Å². The summed E-state index contributed by atoms with van der Waals surface area (Å²) in [5, 5.41) is 10.2. The molecular weight excluding hydrogens is 438 g/mol. The van der Waals surface area contributed by atoms with E-state index in [0.717, 1.165) is 49.3 Å². The maximum absolute atomic E-state index is 14.6. The second kappa shape index (κ2) is 10.7. The first-order valence-corrected chi connectivity index (χ1v) is 11.6. The van der Waals surface area contributed by atoms with Crippen LogP contribution in [0, 0.1) is 11.6 Å². The van der Waals surface area contributed by atoms with Crippen LogP contribution >= 0.6 is 11.5 Å². The summed E-state index contributed by atoms with van der Waals surface area (Å²) in [6.07, 6.45) is 5.16. The van der Waals surface area contributed by atoms with Crippen LogP contribution in [0.3, 0.4) is 0 Å². The van der Waals surface area contributed by atoms with Gasteiger partial charge in [0, 0.05) is 18.2 Å². The molecule has 2 N–H and O–H groups in total. The number of carboxylic acid groups (broad SMARTS) is 1. The number of likely N-dealkylation sites (N-methyl/N-ethyl adjacent to an activating group) is 1. The second-order valence-corrected chi connectivity index (χ2v) is 9.85. The summed E-state index contributed by atoms with van der Waals surface area (Å²) in [5.41, 5.74) is -0.0129. The van der Waals surface area contributed by atoms with Crippen LogP contribution in [0.25, 0.3) is 0 Å². The van der Waals surface area contributed by atoms with E-state index in [2.05, 4.69) is 19.6 Å². The Hall–Kier alpha value is -2.18. The molecule has 0 unspecified atom stereocenters. The molecule has 0 aliphatic heterocycles. The number of anilines is 1. The van der Waals surface area contributed by atoms with E-state index < -0.39 is 32.1 Å². The van der Waals surface area contributed by atoms with E-state index in [4.69, 9.17) is 9.90 Å². The highest BCUT2D eigenvalue weighted by atomic mass is 32.2. The summed E-state index contributed by atoms with van der Waals surface area (Å²) in [6.45, 7) is -0.250. The first-order chi connectivity index (χ1) is 14.2. The van der Waals surface area contributed by atoms with Gasteiger partial charge in [0.05, 0.1) is 5.69 Å². The third-order valence-electron chi connectivity index (χ3n) is 4.81. The number of nitrogens with zero attached hydrogens (tertiary/aromatic N) is 3. The van der Waals surface area contributed by atoms with Crippen LogP contribution in [-0.4, -0.2) is 60.4 Å². The summed E-state index contributed by atoms with van der Waals surface area (Å²) < 4.78 is 57.7. The second-order valence-electron chi connectivity index (χ2n) is 7.03. The van der Waals surface area contributed by atoms with Crippen molar-refractivity contribution in [3.8, 4) is 0 Å². The van der Waals surface area contributed by atoms with Gasteiger partial charge in [0.15, 0.2) is 9.84 Å². The normalized spacial score (nSPS) is 19.1. The van der Waals surface area contributed by atoms with Crippen LogP contribution in [0.2, 0.25) is 0 Å². The van der Waals surface area contributed by atoms with Crippen molar-refractivity contribution in [3.63, 3.8) is 0 Å². The first kappa shape index (κ1) is 24.1. The molecule has 166 valence electrons. The van der Waals surface area contributed by atoms with Crippen molar-refractivity contribution in [1.82, 2.24) is 14.3 Å². The maximum Gasteiger partial charge on any atom is 0.290 e. The average Bonchev–Trinajstić information content (AvgIpc) is 3.17. The van der Waals surface area contributed by atoms with Crippen LogP contribution in [0.1, 0.15) is 30.7 Å². The van der Waals surface area contributed by atoms with Crippen LogP contribution in [0.5, 0.6) is 0 Å². The quantitative estimate of drug-likeness (QED) is 0.630. The van der Waals surface area contributed by atoms with E-state index in [1.807, 2.05) is 14.1 Å². The molecule has 1 aliphatic carbocycles. The van der Waals surface area contributed by atoms with Crippen LogP contribution in [0.15, 0.2) is 23.4 Å². The number of rotatable bonds is 6. The summed E-state index contributed by atoms with van der Waals surface area (Å²) in [4.78, 5) is 13.6. The molecule has 2 aromatic rings. The molecule has 1 aromatic heterocycles. The molecule has 0 saturated heterocycles. The highest BCUT2D eigenvalue weighted by Crippen LogP contribution is 2.29. The van der Waals surface area contributed by atoms with Gasteiger partial charge in [0.25, 0.3) is 6.47 Å². The van der Waals surface area contributed by atoms with Gasteiger partial charge in [-0.25, -0.2) is 22.2 Å². The Bertz CT molecular complexity index is 940. The van der Waals surface area contributed by atoms with Crippen molar-refractivity contribution in [1.29, 1.82) is 0 Å². The number of nitrogens with one attached hydrogen (secondary N) is 1. The third kappa shape index (κ3) is 6.16. The molecule has 1 fully saturated rings. The fourth-order valence-electron chi connectivity index (χ4n) is 3.47. The van der Waals surface area contributed by atoms with Crippen molar-refractivity contribution in [3.05, 3.63) is 35.1 Å². The van der Waals surface area contributed by atoms with Gasteiger partial charge in [-0.2, -0.15) is 4.37 Å². The third-order valence-corrected chi connectivity index (χ3v) is 7.29. The summed E-state index contributed by atoms with van der Waals surface area (Å²) in [6, 6.07) is 1.87. The minimum Gasteiger partial charge on any atom is -0.483 e. The molecule has 1 saturated carbocycles. The molecule has 1 heterocycles. The molecule has 0 amide bonds. The van der Waals surface area contributed by atoms with E-state index in [9.17, 15) is 17.2 Å². The number of hydrogen-bond acceptors (Lipinski definition) is 8. The molecule has 0 radical (unpaired) electrons. The number of hydrogen-bond donors (Lipinski definition) is 2. The molecular formula is C18H24F2N4O4S2. The zero-order chi connectivity index (χ0) is 22.3. The zero-order valence-corrected chi connectivity index (χ0v) is 18.2. The van der Waals surface area contributed by atoms with Crippen LogP contribution < -0.4 is 5.32 Å². The van der Waals surface area contributed by atoms with Gasteiger partial charge in [-0.1, -0.05) is 12.8 Å². The van der Waals surface area contributed by atoms with Gasteiger partial charge in [-0.15, -0.1) is 0 Å². The Morgan fingerprint density at radius 1 is 1.27 bits per heavy atom. The number of sulfone groups is 1. The lowest BCUT2D eigenvalue weighted by Crippen LogP contribution is -2.45. The lowest BCUT2D eigenvalue weighted by molar-refractivity contribution is -0.122. The number of halogens is 2. The van der Waals surface area contributed by atoms with Crippen molar-refractivity contribution >= 4 is 33.5 Å². The standard InChI is InChI=1S/C17H22F2N4O2S2.CH2O2/c1-23(2)15-6-4-3-5-13(15)22-14-7-12(19)16(8-11(14)18)27(24,25)9-17-20-10-21-26-17;2-1-3/h7-8,10,13,15,22H,3-6,9H2,1-2H3;1H,(H,2,3)/t13-,15-;/m0./s1. The summed E-state index contributed by atoms with van der Waals surface area (Å²) in [7, 11) is -0.127. The average molecular weight is 463 g/mol. The minimum atomic E-state index is -4.05. The van der Waals surface area contributed by atoms with Crippen molar-refractivity contribution in [2.75, 3.05) is 19.4 Å². The Kier molecular flexibility index (Phi) is 8.62. The summed E-state index contributed by atoms with van der Waals surface area (Å²) >= 11 is 0.910. The van der Waals surface area contributed by atoms with Gasteiger partial charge in [-0.05, 0) is 44.5 Å². The maximum atomic E-state index is 14.6. The fourth-order valence-corrected chi connectivity index (χ4v) is 5.66. The van der Waals surface area contributed by atoms with Crippen molar-refractivity contribution in [2.24, 2.45) is 0 Å². The fraction of sp³-hybridized carbons (Fsp3) is 0.500. The lowest BCUT2D eigenvalue weighted by Gasteiger charge is -2.37. The highest BCUT2D eigenvalue weighted by molar-refractivity contribution is 7.90. The first-order valence-electron chi connectivity index (χ1n) is 9.17. The van der Waals surface area contributed by atoms with Gasteiger partial charge in [-0.3, -0.25) is 4.79 Å². The molecule has 0 bridgehead atoms. The lowest BCUT2D eigenvalue weighted by atomic mass is 9.89. The molecule has 1 aromatic carbocycles. The molecule has 12 heteroatoms. The van der Waals surface area contributed by atoms with E-state index in [1.165, 1.54) is 6.33 Å². The Balaban J connectivity index is 0.00000101. The zero-order valence-electron chi connectivity index (χ0n) is 16.6. The van der Waals surface area contributed by atoms with Crippen molar-refractivity contribution in [2.45, 2.75) is 48.4 Å². The monoisotopic (exact) mass is 462 g/mol. The molecule has 2 atom stereocenters. The van der Waals surface area contributed by atoms with Gasteiger partial charge >= 0.3 is 0 Å². The molecule has 8 nitrogen and oxygen atoms in total. The highest BCUT2D eigenvalue weighted by Gasteiger charge is 2.29. The topological polar surface area (TPSA) is 112 Å². The van der Waals surface area contributed by atoms with Crippen LogP contribution in [0.4, 0.5) is 14.5 Å². The molecule has 1 aliphatic rings. The minimum absolute atomic E-state index is 0.0129. The Morgan fingerprint density at radius 2 is 1.93 bits per heavy atom. The van der Waals surface area contributed by atoms with Gasteiger partial charge in [0.1, 0.15) is 33.6 Å². The predicted octanol–water partition coefficient (Wildman–Crippen LogP) is 2.78. The van der Waals surface area contributed by atoms with Crippen molar-refractivity contribution < 1.29 is 27.1 Å². The number of benzene rings is 1. The van der Waals surface area contributed by atoms with Gasteiger partial charge in [0.2, 0.25) is 0 Å². The molecule has 30 heavy (non-hydrogen) atoms. The largest absolute Gasteiger partial charge is 0.483 e. The smallest absolute Gasteiger partial charge is 0.290 e. The molecule has 3 rings (SSSR count). The van der Waals surface area contributed by atoms with E-state index >= 15 is 0 Å².